The van der Waals surface area contributed by atoms with Crippen molar-refractivity contribution in [2.24, 2.45) is 0 Å². The van der Waals surface area contributed by atoms with Crippen molar-refractivity contribution in [1.29, 1.82) is 0 Å². The van der Waals surface area contributed by atoms with Gasteiger partial charge in [-0.05, 0) is 87.4 Å². The summed E-state index contributed by atoms with van der Waals surface area (Å²) in [5, 5.41) is 21.4. The summed E-state index contributed by atoms with van der Waals surface area (Å²) in [7, 11) is 0. The second-order valence-electron chi connectivity index (χ2n) is 11.0. The van der Waals surface area contributed by atoms with Gasteiger partial charge in [0.25, 0.3) is 11.7 Å². The number of fused-ring (bicyclic) bond motifs is 1. The minimum absolute atomic E-state index is 0.0469. The molecular weight excluding hydrogens is 478 g/mol. The van der Waals surface area contributed by atoms with Gasteiger partial charge in [-0.3, -0.25) is 9.59 Å². The summed E-state index contributed by atoms with van der Waals surface area (Å²) in [6, 6.07) is 18.8. The largest absolute Gasteiger partial charge is 0.508 e. The molecule has 0 spiro atoms. The second kappa shape index (κ2) is 10.0. The third-order valence-corrected chi connectivity index (χ3v) is 7.10. The maximum absolute atomic E-state index is 13.5. The van der Waals surface area contributed by atoms with Gasteiger partial charge in [0.2, 0.25) is 0 Å². The normalized spacial score (nSPS) is 18.9. The van der Waals surface area contributed by atoms with E-state index in [4.69, 9.17) is 4.74 Å². The SMILES string of the molecule is CC(C)(C)Oc1ccccc1CN1C(=O)C(=O)/C(=C(\O)c2ccc3c(c2)CCCC3)C1c1ccc(O)cc1. The van der Waals surface area contributed by atoms with E-state index in [1.807, 2.05) is 63.2 Å². The molecule has 6 heteroatoms. The van der Waals surface area contributed by atoms with Crippen LogP contribution in [-0.4, -0.2) is 32.4 Å². The predicted molar refractivity (Wildman–Crippen MR) is 146 cm³/mol. The number of ketones is 1. The number of aliphatic hydroxyl groups is 1. The summed E-state index contributed by atoms with van der Waals surface area (Å²) in [4.78, 5) is 28.4. The number of phenols is 1. The molecule has 1 heterocycles. The van der Waals surface area contributed by atoms with Crippen LogP contribution in [0.25, 0.3) is 5.76 Å². The summed E-state index contributed by atoms with van der Waals surface area (Å²) in [5.41, 5.74) is 3.93. The first kappa shape index (κ1) is 25.6. The van der Waals surface area contributed by atoms with Crippen molar-refractivity contribution >= 4 is 17.4 Å². The van der Waals surface area contributed by atoms with Crippen molar-refractivity contribution in [2.75, 3.05) is 0 Å². The second-order valence-corrected chi connectivity index (χ2v) is 11.0. The van der Waals surface area contributed by atoms with Crippen molar-refractivity contribution in [2.45, 2.75) is 64.6 Å². The molecule has 1 aliphatic carbocycles. The van der Waals surface area contributed by atoms with Gasteiger partial charge in [0.1, 0.15) is 22.9 Å². The molecule has 2 aliphatic rings. The molecule has 196 valence electrons. The van der Waals surface area contributed by atoms with Crippen LogP contribution in [0.5, 0.6) is 11.5 Å². The number of aliphatic hydroxyl groups excluding tert-OH is 1. The van der Waals surface area contributed by atoms with Crippen molar-refractivity contribution in [3.63, 3.8) is 0 Å². The van der Waals surface area contributed by atoms with Gasteiger partial charge in [0.15, 0.2) is 0 Å². The van der Waals surface area contributed by atoms with Gasteiger partial charge in [-0.15, -0.1) is 0 Å². The lowest BCUT2D eigenvalue weighted by Gasteiger charge is -2.28. The van der Waals surface area contributed by atoms with E-state index in [1.54, 1.807) is 12.1 Å². The Bertz CT molecular complexity index is 1410. The molecule has 3 aromatic rings. The first-order valence-electron chi connectivity index (χ1n) is 13.1. The molecule has 1 atom stereocenters. The predicted octanol–water partition coefficient (Wildman–Crippen LogP) is 6.07. The number of aromatic hydroxyl groups is 1. The van der Waals surface area contributed by atoms with Gasteiger partial charge in [0, 0.05) is 11.1 Å². The van der Waals surface area contributed by atoms with Gasteiger partial charge >= 0.3 is 0 Å². The zero-order valence-corrected chi connectivity index (χ0v) is 22.0. The van der Waals surface area contributed by atoms with Crippen LogP contribution in [0, 0.1) is 0 Å². The fourth-order valence-corrected chi connectivity index (χ4v) is 5.33. The molecule has 2 N–H and O–H groups in total. The Morgan fingerprint density at radius 3 is 2.34 bits per heavy atom. The lowest BCUT2D eigenvalue weighted by Crippen LogP contribution is -2.30. The first-order valence-corrected chi connectivity index (χ1v) is 13.1. The third kappa shape index (κ3) is 5.03. The van der Waals surface area contributed by atoms with E-state index < -0.39 is 23.3 Å². The maximum atomic E-state index is 13.5. The highest BCUT2D eigenvalue weighted by Crippen LogP contribution is 2.42. The first-order chi connectivity index (χ1) is 18.1. The summed E-state index contributed by atoms with van der Waals surface area (Å²) in [5.74, 6) is -0.900. The number of nitrogens with zero attached hydrogens (tertiary/aromatic N) is 1. The molecule has 1 unspecified atom stereocenters. The van der Waals surface area contributed by atoms with E-state index in [1.165, 1.54) is 28.2 Å². The number of carbonyl (C=O) groups excluding carboxylic acids is 2. The summed E-state index contributed by atoms with van der Waals surface area (Å²) in [6.45, 7) is 5.96. The number of rotatable bonds is 5. The molecule has 0 radical (unpaired) electrons. The van der Waals surface area contributed by atoms with Gasteiger partial charge in [0.05, 0.1) is 18.2 Å². The average molecular weight is 512 g/mol. The molecule has 0 bridgehead atoms. The zero-order valence-electron chi connectivity index (χ0n) is 22.0. The third-order valence-electron chi connectivity index (χ3n) is 7.10. The van der Waals surface area contributed by atoms with Crippen molar-refractivity contribution in [1.82, 2.24) is 4.90 Å². The number of hydrogen-bond acceptors (Lipinski definition) is 5. The molecule has 0 saturated carbocycles. The van der Waals surface area contributed by atoms with E-state index >= 15 is 0 Å². The highest BCUT2D eigenvalue weighted by molar-refractivity contribution is 6.46. The number of Topliss-reactive ketones (excluding diaryl/α,β-unsaturated/α-hetero) is 1. The number of amides is 1. The summed E-state index contributed by atoms with van der Waals surface area (Å²) < 4.78 is 6.14. The van der Waals surface area contributed by atoms with E-state index in [-0.39, 0.29) is 23.6 Å². The molecule has 5 rings (SSSR count). The monoisotopic (exact) mass is 511 g/mol. The molecule has 1 fully saturated rings. The van der Waals surface area contributed by atoms with E-state index in [0.717, 1.165) is 31.2 Å². The van der Waals surface area contributed by atoms with Gasteiger partial charge in [-0.1, -0.05) is 42.5 Å². The van der Waals surface area contributed by atoms with Crippen LogP contribution in [0.1, 0.15) is 67.5 Å². The molecule has 0 aromatic heterocycles. The van der Waals surface area contributed by atoms with Gasteiger partial charge in [-0.25, -0.2) is 0 Å². The van der Waals surface area contributed by atoms with Crippen LogP contribution in [0.4, 0.5) is 0 Å². The molecule has 1 saturated heterocycles. The minimum atomic E-state index is -0.825. The Morgan fingerprint density at radius 2 is 1.63 bits per heavy atom. The lowest BCUT2D eigenvalue weighted by atomic mass is 9.88. The quantitative estimate of drug-likeness (QED) is 0.247. The number of ether oxygens (including phenoxy) is 1. The van der Waals surface area contributed by atoms with E-state index in [9.17, 15) is 19.8 Å². The highest BCUT2D eigenvalue weighted by Gasteiger charge is 2.46. The number of hydrogen-bond donors (Lipinski definition) is 2. The number of likely N-dealkylation sites (tertiary alicyclic amines) is 1. The molecule has 38 heavy (non-hydrogen) atoms. The van der Waals surface area contributed by atoms with Gasteiger partial charge < -0.3 is 19.8 Å². The van der Waals surface area contributed by atoms with Crippen molar-refractivity contribution in [3.8, 4) is 11.5 Å². The highest BCUT2D eigenvalue weighted by atomic mass is 16.5. The molecule has 1 aliphatic heterocycles. The molecular formula is C32H33NO5. The van der Waals surface area contributed by atoms with E-state index in [0.29, 0.717) is 16.9 Å². The Kier molecular flexibility index (Phi) is 6.74. The number of para-hydroxylation sites is 1. The molecule has 6 nitrogen and oxygen atoms in total. The van der Waals surface area contributed by atoms with Crippen LogP contribution < -0.4 is 4.74 Å². The zero-order chi connectivity index (χ0) is 27.0. The van der Waals surface area contributed by atoms with Crippen LogP contribution in [0.15, 0.2) is 72.3 Å². The smallest absolute Gasteiger partial charge is 0.295 e. The minimum Gasteiger partial charge on any atom is -0.508 e. The van der Waals surface area contributed by atoms with Crippen molar-refractivity contribution in [3.05, 3.63) is 100 Å². The Hall–Kier alpha value is -4.06. The summed E-state index contributed by atoms with van der Waals surface area (Å²) in [6.07, 6.45) is 4.16. The Balaban J connectivity index is 1.61. The molecule has 3 aromatic carbocycles. The van der Waals surface area contributed by atoms with Crippen molar-refractivity contribution < 1.29 is 24.5 Å². The maximum Gasteiger partial charge on any atom is 0.295 e. The Labute approximate surface area is 223 Å². The number of aryl methyl sites for hydroxylation is 2. The number of phenolic OH excluding ortho intramolecular Hbond substituents is 1. The molecule has 1 amide bonds. The lowest BCUT2D eigenvalue weighted by molar-refractivity contribution is -0.140. The van der Waals surface area contributed by atoms with Crippen LogP contribution in [0.3, 0.4) is 0 Å². The fraction of sp³-hybridized carbons (Fsp3) is 0.312. The summed E-state index contributed by atoms with van der Waals surface area (Å²) >= 11 is 0. The number of carbonyl (C=O) groups is 2. The topological polar surface area (TPSA) is 87.1 Å². The van der Waals surface area contributed by atoms with Crippen LogP contribution >= 0.6 is 0 Å². The fourth-order valence-electron chi connectivity index (χ4n) is 5.33. The van der Waals surface area contributed by atoms with Gasteiger partial charge in [-0.2, -0.15) is 0 Å². The number of benzene rings is 3. The Morgan fingerprint density at radius 1 is 0.947 bits per heavy atom. The van der Waals surface area contributed by atoms with Crippen LogP contribution in [0.2, 0.25) is 0 Å². The van der Waals surface area contributed by atoms with E-state index in [2.05, 4.69) is 0 Å². The standard InChI is InChI=1S/C32H33NO5/c1-32(2,3)38-26-11-7-6-10-24(26)19-33-28(21-14-16-25(34)17-15-21)27(30(36)31(33)37)29(35)23-13-12-20-8-4-5-9-22(20)18-23/h6-7,10-18,28,34-35H,4-5,8-9,19H2,1-3H3/b29-27-. The average Bonchev–Trinajstić information content (AvgIpc) is 3.13. The van der Waals surface area contributed by atoms with Crippen LogP contribution in [-0.2, 0) is 29.0 Å².